The van der Waals surface area contributed by atoms with Crippen molar-refractivity contribution in [1.29, 1.82) is 0 Å². The number of carboxylic acid groups (broad SMARTS) is 1. The van der Waals surface area contributed by atoms with E-state index in [-0.39, 0.29) is 11.5 Å². The molecule has 17 heavy (non-hydrogen) atoms. The molecule has 0 unspecified atom stereocenters. The number of hydrogen-bond donors (Lipinski definition) is 2. The molecule has 0 atom stereocenters. The molecule has 0 fully saturated rings. The van der Waals surface area contributed by atoms with Crippen LogP contribution in [0.3, 0.4) is 0 Å². The summed E-state index contributed by atoms with van der Waals surface area (Å²) in [6.45, 7) is 3.24. The van der Waals surface area contributed by atoms with Crippen LogP contribution in [0.2, 0.25) is 0 Å². The van der Waals surface area contributed by atoms with Crippen LogP contribution in [0.15, 0.2) is 24.3 Å². The Morgan fingerprint density at radius 1 is 1.24 bits per heavy atom. The van der Waals surface area contributed by atoms with Crippen molar-refractivity contribution < 1.29 is 14.7 Å². The first-order chi connectivity index (χ1) is 7.73. The zero-order valence-corrected chi connectivity index (χ0v) is 10.1. The molecule has 0 radical (unpaired) electrons. The summed E-state index contributed by atoms with van der Waals surface area (Å²) in [7, 11) is 1.60. The second kappa shape index (κ2) is 4.55. The number of amides is 1. The summed E-state index contributed by atoms with van der Waals surface area (Å²) in [5.74, 6) is -1.23. The minimum Gasteiger partial charge on any atom is -0.478 e. The smallest absolute Gasteiger partial charge is 0.335 e. The second-order valence-corrected chi connectivity index (χ2v) is 4.44. The van der Waals surface area contributed by atoms with Crippen molar-refractivity contribution in [3.05, 3.63) is 29.8 Å². The molecule has 1 rings (SSSR count). The molecule has 0 aliphatic carbocycles. The summed E-state index contributed by atoms with van der Waals surface area (Å²) in [5.41, 5.74) is 5.54. The number of carboxylic acids is 1. The van der Waals surface area contributed by atoms with Crippen LogP contribution in [0, 0.1) is 0 Å². The number of anilines is 1. The molecular weight excluding hydrogens is 220 g/mol. The SMILES string of the molecule is CN(C(=O)C(C)(C)N)c1ccc(C(=O)O)cc1. The molecule has 0 heterocycles. The van der Waals surface area contributed by atoms with E-state index in [1.165, 1.54) is 17.0 Å². The summed E-state index contributed by atoms with van der Waals surface area (Å²) < 4.78 is 0. The summed E-state index contributed by atoms with van der Waals surface area (Å²) in [6.07, 6.45) is 0. The topological polar surface area (TPSA) is 83.6 Å². The van der Waals surface area contributed by atoms with E-state index in [4.69, 9.17) is 10.8 Å². The van der Waals surface area contributed by atoms with E-state index < -0.39 is 11.5 Å². The van der Waals surface area contributed by atoms with E-state index in [1.807, 2.05) is 0 Å². The Morgan fingerprint density at radius 3 is 2.06 bits per heavy atom. The maximum atomic E-state index is 11.9. The van der Waals surface area contributed by atoms with Crippen molar-refractivity contribution in [1.82, 2.24) is 0 Å². The van der Waals surface area contributed by atoms with Crippen molar-refractivity contribution in [2.24, 2.45) is 5.73 Å². The van der Waals surface area contributed by atoms with Gasteiger partial charge >= 0.3 is 5.97 Å². The van der Waals surface area contributed by atoms with Crippen LogP contribution in [0.1, 0.15) is 24.2 Å². The lowest BCUT2D eigenvalue weighted by Gasteiger charge is -2.25. The highest BCUT2D eigenvalue weighted by Crippen LogP contribution is 2.16. The fourth-order valence-electron chi connectivity index (χ4n) is 1.38. The van der Waals surface area contributed by atoms with E-state index in [0.29, 0.717) is 5.69 Å². The average molecular weight is 236 g/mol. The van der Waals surface area contributed by atoms with Gasteiger partial charge in [0.25, 0.3) is 0 Å². The molecule has 0 aliphatic rings. The number of hydrogen-bond acceptors (Lipinski definition) is 3. The molecule has 3 N–H and O–H groups in total. The number of benzene rings is 1. The standard InChI is InChI=1S/C12H16N2O3/c1-12(2,13)11(17)14(3)9-6-4-8(5-7-9)10(15)16/h4-7H,13H2,1-3H3,(H,15,16). The van der Waals surface area contributed by atoms with Gasteiger partial charge in [-0.15, -0.1) is 0 Å². The number of likely N-dealkylation sites (N-methyl/N-ethyl adjacent to an activating group) is 1. The number of carbonyl (C=O) groups is 2. The van der Waals surface area contributed by atoms with Gasteiger partial charge in [-0.2, -0.15) is 0 Å². The molecule has 1 aromatic carbocycles. The van der Waals surface area contributed by atoms with Crippen LogP contribution >= 0.6 is 0 Å². The van der Waals surface area contributed by atoms with E-state index in [9.17, 15) is 9.59 Å². The molecule has 1 aromatic rings. The lowest BCUT2D eigenvalue weighted by atomic mass is 10.1. The van der Waals surface area contributed by atoms with Gasteiger partial charge in [0.2, 0.25) is 5.91 Å². The third-order valence-corrected chi connectivity index (χ3v) is 2.36. The molecule has 1 amide bonds. The molecule has 5 heteroatoms. The Bertz CT molecular complexity index is 432. The summed E-state index contributed by atoms with van der Waals surface area (Å²) in [4.78, 5) is 24.0. The molecule has 0 saturated heterocycles. The predicted octanol–water partition coefficient (Wildman–Crippen LogP) is 1.08. The first-order valence-electron chi connectivity index (χ1n) is 5.14. The summed E-state index contributed by atoms with van der Waals surface area (Å²) in [5, 5.41) is 8.75. The third-order valence-electron chi connectivity index (χ3n) is 2.36. The average Bonchev–Trinajstić information content (AvgIpc) is 2.26. The van der Waals surface area contributed by atoms with Gasteiger partial charge in [0.15, 0.2) is 0 Å². The molecule has 5 nitrogen and oxygen atoms in total. The number of nitrogens with zero attached hydrogens (tertiary/aromatic N) is 1. The Morgan fingerprint density at radius 2 is 1.71 bits per heavy atom. The van der Waals surface area contributed by atoms with Crippen LogP contribution in [0.4, 0.5) is 5.69 Å². The van der Waals surface area contributed by atoms with Crippen molar-refractivity contribution in [2.75, 3.05) is 11.9 Å². The summed E-state index contributed by atoms with van der Waals surface area (Å²) >= 11 is 0. The van der Waals surface area contributed by atoms with Crippen LogP contribution < -0.4 is 10.6 Å². The number of carbonyl (C=O) groups excluding carboxylic acids is 1. The molecule has 0 aliphatic heterocycles. The minimum absolute atomic E-state index is 0.182. The predicted molar refractivity (Wildman–Crippen MR) is 65.1 cm³/mol. The number of rotatable bonds is 3. The van der Waals surface area contributed by atoms with Gasteiger partial charge in [0.1, 0.15) is 0 Å². The van der Waals surface area contributed by atoms with Gasteiger partial charge in [-0.1, -0.05) is 0 Å². The molecular formula is C12H16N2O3. The normalized spacial score (nSPS) is 11.1. The van der Waals surface area contributed by atoms with Gasteiger partial charge in [0, 0.05) is 12.7 Å². The maximum absolute atomic E-state index is 11.9. The molecule has 0 aromatic heterocycles. The van der Waals surface area contributed by atoms with Crippen LogP contribution in [-0.4, -0.2) is 29.6 Å². The largest absolute Gasteiger partial charge is 0.478 e. The van der Waals surface area contributed by atoms with E-state index in [1.54, 1.807) is 33.0 Å². The quantitative estimate of drug-likeness (QED) is 0.822. The highest BCUT2D eigenvalue weighted by Gasteiger charge is 2.26. The molecule has 0 spiro atoms. The summed E-state index contributed by atoms with van der Waals surface area (Å²) in [6, 6.07) is 6.05. The highest BCUT2D eigenvalue weighted by molar-refractivity contribution is 5.99. The third kappa shape index (κ3) is 3.04. The molecule has 0 bridgehead atoms. The number of aromatic carboxylic acids is 1. The first-order valence-corrected chi connectivity index (χ1v) is 5.14. The van der Waals surface area contributed by atoms with Crippen LogP contribution in [-0.2, 0) is 4.79 Å². The van der Waals surface area contributed by atoms with Crippen LogP contribution in [0.25, 0.3) is 0 Å². The van der Waals surface area contributed by atoms with Gasteiger partial charge < -0.3 is 15.7 Å². The van der Waals surface area contributed by atoms with E-state index in [2.05, 4.69) is 0 Å². The Kier molecular flexibility index (Phi) is 3.53. The van der Waals surface area contributed by atoms with Gasteiger partial charge in [-0.25, -0.2) is 4.79 Å². The van der Waals surface area contributed by atoms with Crippen molar-refractivity contribution in [2.45, 2.75) is 19.4 Å². The van der Waals surface area contributed by atoms with E-state index in [0.717, 1.165) is 0 Å². The second-order valence-electron chi connectivity index (χ2n) is 4.44. The van der Waals surface area contributed by atoms with Crippen LogP contribution in [0.5, 0.6) is 0 Å². The Labute approximate surface area is 99.8 Å². The van der Waals surface area contributed by atoms with Crippen molar-refractivity contribution in [3.8, 4) is 0 Å². The lowest BCUT2D eigenvalue weighted by molar-refractivity contribution is -0.122. The van der Waals surface area contributed by atoms with Gasteiger partial charge in [-0.05, 0) is 38.1 Å². The Hall–Kier alpha value is -1.88. The van der Waals surface area contributed by atoms with Gasteiger partial charge in [0.05, 0.1) is 11.1 Å². The minimum atomic E-state index is -0.996. The Balaban J connectivity index is 2.94. The maximum Gasteiger partial charge on any atom is 0.335 e. The monoisotopic (exact) mass is 236 g/mol. The fourth-order valence-corrected chi connectivity index (χ4v) is 1.38. The fraction of sp³-hybridized carbons (Fsp3) is 0.333. The zero-order chi connectivity index (χ0) is 13.2. The highest BCUT2D eigenvalue weighted by atomic mass is 16.4. The number of nitrogens with two attached hydrogens (primary N) is 1. The van der Waals surface area contributed by atoms with E-state index >= 15 is 0 Å². The molecule has 92 valence electrons. The zero-order valence-electron chi connectivity index (χ0n) is 10.1. The lowest BCUT2D eigenvalue weighted by Crippen LogP contribution is -2.49. The van der Waals surface area contributed by atoms with Gasteiger partial charge in [-0.3, -0.25) is 4.79 Å². The first kappa shape index (κ1) is 13.2. The molecule has 0 saturated carbocycles. The van der Waals surface area contributed by atoms with Crippen molar-refractivity contribution in [3.63, 3.8) is 0 Å². The van der Waals surface area contributed by atoms with Crippen molar-refractivity contribution >= 4 is 17.6 Å².